The van der Waals surface area contributed by atoms with Crippen LogP contribution in [0.1, 0.15) is 33.3 Å². The van der Waals surface area contributed by atoms with Crippen molar-refractivity contribution in [2.24, 2.45) is 0 Å². The predicted octanol–water partition coefficient (Wildman–Crippen LogP) is 2.40. The molecule has 0 radical (unpaired) electrons. The Bertz CT molecular complexity index is 497. The zero-order valence-corrected chi connectivity index (χ0v) is 13.9. The molecule has 0 aliphatic carbocycles. The lowest BCUT2D eigenvalue weighted by Gasteiger charge is -2.22. The molecule has 22 heavy (non-hydrogen) atoms. The smallest absolute Gasteiger partial charge is 0.407 e. The van der Waals surface area contributed by atoms with Gasteiger partial charge in [-0.25, -0.2) is 4.79 Å². The van der Waals surface area contributed by atoms with Crippen LogP contribution >= 0.6 is 0 Å². The fourth-order valence-corrected chi connectivity index (χ4v) is 1.84. The van der Waals surface area contributed by atoms with Crippen LogP contribution in [0.2, 0.25) is 0 Å². The number of benzene rings is 1. The van der Waals surface area contributed by atoms with Crippen molar-refractivity contribution in [3.8, 4) is 11.5 Å². The summed E-state index contributed by atoms with van der Waals surface area (Å²) in [6, 6.07) is 5.17. The Morgan fingerprint density at radius 3 is 2.59 bits per heavy atom. The molecular weight excluding hydrogens is 284 g/mol. The molecule has 0 fully saturated rings. The van der Waals surface area contributed by atoms with E-state index in [2.05, 4.69) is 10.6 Å². The molecule has 6 heteroatoms. The summed E-state index contributed by atoms with van der Waals surface area (Å²) in [7, 11) is 1.51. The first kappa shape index (κ1) is 18.1. The standard InChI is InChI=1S/C16H26N2O4/c1-11(18-15(20)22-16(2,3)4)9-17-10-12-6-7-14(21-5)13(19)8-12/h6-8,11,17,19H,9-10H2,1-5H3,(H,18,20). The van der Waals surface area contributed by atoms with Crippen LogP contribution in [-0.4, -0.2) is 36.5 Å². The third kappa shape index (κ3) is 6.67. The lowest BCUT2D eigenvalue weighted by atomic mass is 10.2. The van der Waals surface area contributed by atoms with E-state index in [0.29, 0.717) is 18.8 Å². The minimum Gasteiger partial charge on any atom is -0.504 e. The highest BCUT2D eigenvalue weighted by Gasteiger charge is 2.17. The molecule has 0 bridgehead atoms. The van der Waals surface area contributed by atoms with Gasteiger partial charge in [0.1, 0.15) is 5.60 Å². The van der Waals surface area contributed by atoms with Gasteiger partial charge in [0.15, 0.2) is 11.5 Å². The number of ether oxygens (including phenoxy) is 2. The van der Waals surface area contributed by atoms with E-state index in [1.807, 2.05) is 33.8 Å². The monoisotopic (exact) mass is 310 g/mol. The van der Waals surface area contributed by atoms with Crippen molar-refractivity contribution >= 4 is 6.09 Å². The molecule has 0 saturated heterocycles. The number of hydrogen-bond donors (Lipinski definition) is 3. The van der Waals surface area contributed by atoms with Crippen LogP contribution < -0.4 is 15.4 Å². The van der Waals surface area contributed by atoms with E-state index in [-0.39, 0.29) is 11.8 Å². The highest BCUT2D eigenvalue weighted by molar-refractivity contribution is 5.68. The minimum absolute atomic E-state index is 0.0679. The van der Waals surface area contributed by atoms with Gasteiger partial charge in [0, 0.05) is 19.1 Å². The van der Waals surface area contributed by atoms with Gasteiger partial charge in [-0.15, -0.1) is 0 Å². The van der Waals surface area contributed by atoms with Crippen LogP contribution in [0.4, 0.5) is 4.79 Å². The highest BCUT2D eigenvalue weighted by Crippen LogP contribution is 2.25. The lowest BCUT2D eigenvalue weighted by Crippen LogP contribution is -2.42. The molecule has 1 unspecified atom stereocenters. The molecule has 1 atom stereocenters. The molecular formula is C16H26N2O4. The number of carbonyl (C=O) groups is 1. The van der Waals surface area contributed by atoms with Gasteiger partial charge in [-0.2, -0.15) is 0 Å². The van der Waals surface area contributed by atoms with E-state index in [9.17, 15) is 9.90 Å². The van der Waals surface area contributed by atoms with Crippen molar-refractivity contribution in [3.05, 3.63) is 23.8 Å². The van der Waals surface area contributed by atoms with E-state index in [4.69, 9.17) is 9.47 Å². The van der Waals surface area contributed by atoms with Crippen molar-refractivity contribution in [1.82, 2.24) is 10.6 Å². The van der Waals surface area contributed by atoms with Crippen LogP contribution in [-0.2, 0) is 11.3 Å². The Kier molecular flexibility index (Phi) is 6.49. The van der Waals surface area contributed by atoms with E-state index in [1.54, 1.807) is 12.1 Å². The summed E-state index contributed by atoms with van der Waals surface area (Å²) in [6.07, 6.45) is -0.427. The van der Waals surface area contributed by atoms with Gasteiger partial charge in [-0.05, 0) is 45.4 Å². The van der Waals surface area contributed by atoms with Crippen molar-refractivity contribution in [2.75, 3.05) is 13.7 Å². The summed E-state index contributed by atoms with van der Waals surface area (Å²) < 4.78 is 10.2. The van der Waals surface area contributed by atoms with Gasteiger partial charge in [0.2, 0.25) is 0 Å². The number of nitrogens with one attached hydrogen (secondary N) is 2. The first-order valence-corrected chi connectivity index (χ1v) is 7.27. The van der Waals surface area contributed by atoms with Gasteiger partial charge in [0.25, 0.3) is 0 Å². The van der Waals surface area contributed by atoms with Crippen LogP contribution in [0.15, 0.2) is 18.2 Å². The Hall–Kier alpha value is -1.95. The van der Waals surface area contributed by atoms with Crippen LogP contribution in [0.3, 0.4) is 0 Å². The van der Waals surface area contributed by atoms with E-state index in [1.165, 1.54) is 7.11 Å². The van der Waals surface area contributed by atoms with Gasteiger partial charge in [-0.1, -0.05) is 6.07 Å². The fraction of sp³-hybridized carbons (Fsp3) is 0.562. The fourth-order valence-electron chi connectivity index (χ4n) is 1.84. The molecule has 0 aromatic heterocycles. The third-order valence-electron chi connectivity index (χ3n) is 2.79. The number of phenols is 1. The highest BCUT2D eigenvalue weighted by atomic mass is 16.6. The topological polar surface area (TPSA) is 79.8 Å². The molecule has 0 heterocycles. The second-order valence-corrected chi connectivity index (χ2v) is 6.18. The number of methoxy groups -OCH3 is 1. The van der Waals surface area contributed by atoms with Gasteiger partial charge >= 0.3 is 6.09 Å². The zero-order valence-electron chi connectivity index (χ0n) is 13.9. The Morgan fingerprint density at radius 2 is 2.05 bits per heavy atom. The summed E-state index contributed by atoms with van der Waals surface area (Å²) in [6.45, 7) is 8.54. The van der Waals surface area contributed by atoms with Gasteiger partial charge < -0.3 is 25.2 Å². The second-order valence-electron chi connectivity index (χ2n) is 6.18. The summed E-state index contributed by atoms with van der Waals surface area (Å²) in [5.74, 6) is 0.561. The zero-order chi connectivity index (χ0) is 16.8. The van der Waals surface area contributed by atoms with Gasteiger partial charge in [0.05, 0.1) is 7.11 Å². The number of rotatable bonds is 6. The molecule has 6 nitrogen and oxygen atoms in total. The molecule has 1 amide bonds. The average Bonchev–Trinajstić information content (AvgIpc) is 2.36. The summed E-state index contributed by atoms with van der Waals surface area (Å²) >= 11 is 0. The summed E-state index contributed by atoms with van der Waals surface area (Å²) in [5.41, 5.74) is 0.431. The Morgan fingerprint density at radius 1 is 1.36 bits per heavy atom. The molecule has 0 spiro atoms. The maximum absolute atomic E-state index is 11.6. The molecule has 1 rings (SSSR count). The number of amides is 1. The third-order valence-corrected chi connectivity index (χ3v) is 2.79. The number of phenolic OH excluding ortho intramolecular Hbond substituents is 1. The second kappa shape index (κ2) is 7.89. The first-order chi connectivity index (χ1) is 10.2. The van der Waals surface area contributed by atoms with Crippen molar-refractivity contribution in [3.63, 3.8) is 0 Å². The molecule has 1 aromatic carbocycles. The normalized spacial score (nSPS) is 12.6. The number of hydrogen-bond acceptors (Lipinski definition) is 5. The molecule has 0 aliphatic rings. The van der Waals surface area contributed by atoms with Crippen molar-refractivity contribution in [2.45, 2.75) is 45.9 Å². The van der Waals surface area contributed by atoms with Crippen LogP contribution in [0, 0.1) is 0 Å². The molecule has 0 aliphatic heterocycles. The summed E-state index contributed by atoms with van der Waals surface area (Å²) in [5, 5.41) is 15.7. The molecule has 3 N–H and O–H groups in total. The number of alkyl carbamates (subject to hydrolysis) is 1. The molecule has 124 valence electrons. The quantitative estimate of drug-likeness (QED) is 0.752. The maximum Gasteiger partial charge on any atom is 0.407 e. The van der Waals surface area contributed by atoms with Crippen LogP contribution in [0.5, 0.6) is 11.5 Å². The SMILES string of the molecule is COc1ccc(CNCC(C)NC(=O)OC(C)(C)C)cc1O. The van der Waals surface area contributed by atoms with Crippen LogP contribution in [0.25, 0.3) is 0 Å². The predicted molar refractivity (Wildman–Crippen MR) is 85.2 cm³/mol. The van der Waals surface area contributed by atoms with E-state index >= 15 is 0 Å². The van der Waals surface area contributed by atoms with Crippen molar-refractivity contribution in [1.29, 1.82) is 0 Å². The Labute approximate surface area is 131 Å². The largest absolute Gasteiger partial charge is 0.504 e. The number of aromatic hydroxyl groups is 1. The van der Waals surface area contributed by atoms with Gasteiger partial charge in [-0.3, -0.25) is 0 Å². The van der Waals surface area contributed by atoms with Crippen molar-refractivity contribution < 1.29 is 19.4 Å². The van der Waals surface area contributed by atoms with E-state index in [0.717, 1.165) is 5.56 Å². The molecule has 0 saturated carbocycles. The maximum atomic E-state index is 11.6. The number of carbonyl (C=O) groups excluding carboxylic acids is 1. The molecule has 1 aromatic rings. The summed E-state index contributed by atoms with van der Waals surface area (Å²) in [4.78, 5) is 11.6. The minimum atomic E-state index is -0.502. The van der Waals surface area contributed by atoms with E-state index < -0.39 is 11.7 Å². The average molecular weight is 310 g/mol. The lowest BCUT2D eigenvalue weighted by molar-refractivity contribution is 0.0508. The Balaban J connectivity index is 2.34. The first-order valence-electron chi connectivity index (χ1n) is 7.27.